The van der Waals surface area contributed by atoms with Crippen LogP contribution in [0.5, 0.6) is 0 Å². The van der Waals surface area contributed by atoms with Gasteiger partial charge in [0.25, 0.3) is 0 Å². The van der Waals surface area contributed by atoms with Crippen LogP contribution >= 0.6 is 23.5 Å². The van der Waals surface area contributed by atoms with E-state index in [1.165, 1.54) is 31.7 Å². The molecule has 3 heterocycles. The second-order valence-electron chi connectivity index (χ2n) is 8.20. The average Bonchev–Trinajstić information content (AvgIpc) is 3.19. The number of aliphatic hydroxyl groups excluding tert-OH is 2. The van der Waals surface area contributed by atoms with Crippen molar-refractivity contribution in [3.8, 4) is 0 Å². The molecule has 1 aliphatic rings. The number of nitrogen functional groups attached to an aromatic ring is 1. The third-order valence-corrected chi connectivity index (χ3v) is 8.76. The van der Waals surface area contributed by atoms with Gasteiger partial charge in [-0.2, -0.15) is 8.62 Å². The Labute approximate surface area is 197 Å². The van der Waals surface area contributed by atoms with Crippen molar-refractivity contribution >= 4 is 40.4 Å². The lowest BCUT2D eigenvalue weighted by Crippen LogP contribution is -2.33. The van der Waals surface area contributed by atoms with Crippen LogP contribution in [0.15, 0.2) is 12.7 Å². The fourth-order valence-corrected chi connectivity index (χ4v) is 6.81. The van der Waals surface area contributed by atoms with E-state index in [2.05, 4.69) is 32.6 Å². The minimum Gasteiger partial charge on any atom is -0.387 e. The molecule has 1 aliphatic heterocycles. The number of imidazole rings is 1. The zero-order valence-corrected chi connectivity index (χ0v) is 21.1. The van der Waals surface area contributed by atoms with Crippen molar-refractivity contribution in [3.05, 3.63) is 12.7 Å². The monoisotopic (exact) mass is 563 g/mol. The Bertz CT molecular complexity index is 1220. The van der Waals surface area contributed by atoms with Crippen LogP contribution in [0.2, 0.25) is 0 Å². The summed E-state index contributed by atoms with van der Waals surface area (Å²) in [6.07, 6.45) is -3.61. The van der Waals surface area contributed by atoms with E-state index in [0.717, 1.165) is 6.33 Å². The summed E-state index contributed by atoms with van der Waals surface area (Å²) >= 11 is 0. The number of ether oxygens (including phenoxy) is 1. The first-order valence-electron chi connectivity index (χ1n) is 9.61. The molecule has 35 heavy (non-hydrogen) atoms. The van der Waals surface area contributed by atoms with Gasteiger partial charge in [-0.15, -0.1) is 0 Å². The molecule has 0 amide bonds. The maximum Gasteiger partial charge on any atom is 0.490 e. The van der Waals surface area contributed by atoms with Crippen LogP contribution in [0.25, 0.3) is 11.2 Å². The first-order chi connectivity index (χ1) is 15.9. The molecule has 0 radical (unpaired) electrons. The Hall–Kier alpha value is -1.36. The number of aromatic nitrogens is 4. The molecule has 3 unspecified atom stereocenters. The number of hydrogen-bond donors (Lipinski definition) is 6. The molecule has 0 aliphatic carbocycles. The molecule has 18 nitrogen and oxygen atoms in total. The summed E-state index contributed by atoms with van der Waals surface area (Å²) in [6.45, 7) is 3.09. The molecule has 0 bridgehead atoms. The van der Waals surface area contributed by atoms with E-state index in [9.17, 15) is 38.6 Å². The first kappa shape index (κ1) is 28.2. The van der Waals surface area contributed by atoms with Crippen molar-refractivity contribution in [2.75, 3.05) is 12.3 Å². The highest BCUT2D eigenvalue weighted by atomic mass is 31.3. The van der Waals surface area contributed by atoms with Crippen molar-refractivity contribution in [2.24, 2.45) is 0 Å². The van der Waals surface area contributed by atoms with Gasteiger partial charge < -0.3 is 35.4 Å². The maximum atomic E-state index is 12.1. The highest BCUT2D eigenvalue weighted by Crippen LogP contribution is 2.68. The molecule has 2 aromatic heterocycles. The van der Waals surface area contributed by atoms with Gasteiger partial charge in [0.05, 0.1) is 18.5 Å². The summed E-state index contributed by atoms with van der Waals surface area (Å²) in [7, 11) is -16.3. The summed E-state index contributed by atoms with van der Waals surface area (Å²) in [4.78, 5) is 40.6. The van der Waals surface area contributed by atoms with Crippen molar-refractivity contribution in [1.29, 1.82) is 0 Å². The molecule has 1 saturated heterocycles. The Morgan fingerprint density at radius 2 is 1.66 bits per heavy atom. The fraction of sp³-hybridized carbons (Fsp3) is 0.643. The average molecular weight is 563 g/mol. The standard InChI is InChI=1S/C14H24N5O13P3/c1-14(2,3)30-34(24,25)32-35(26,27)31-33(22,23)28-4-7-9(20)10(21)13(29-7)19-6-18-8-11(15)16-5-17-12(8)19/h5-7,9-10,13,20-21H,4H2,1-3H3,(H,22,23)(H,24,25)(H,26,27)(H2,15,16,17)/t7-,9-,10-,13-/m1/s1. The number of rotatable bonds is 9. The van der Waals surface area contributed by atoms with E-state index in [1.807, 2.05) is 0 Å². The lowest BCUT2D eigenvalue weighted by Gasteiger charge is -2.24. The van der Waals surface area contributed by atoms with Crippen LogP contribution in [-0.4, -0.2) is 74.9 Å². The molecule has 7 atom stereocenters. The van der Waals surface area contributed by atoms with Gasteiger partial charge in [0, 0.05) is 0 Å². The molecule has 7 N–H and O–H groups in total. The smallest absolute Gasteiger partial charge is 0.387 e. The minimum atomic E-state index is -5.66. The Morgan fingerprint density at radius 3 is 2.29 bits per heavy atom. The maximum absolute atomic E-state index is 12.1. The normalized spacial score (nSPS) is 28.5. The van der Waals surface area contributed by atoms with Crippen LogP contribution in [0.4, 0.5) is 5.82 Å². The third kappa shape index (κ3) is 7.11. The predicted molar refractivity (Wildman–Crippen MR) is 114 cm³/mol. The van der Waals surface area contributed by atoms with Crippen LogP contribution < -0.4 is 5.73 Å². The van der Waals surface area contributed by atoms with Crippen LogP contribution in [0.3, 0.4) is 0 Å². The number of phosphoric ester groups is 2. The second kappa shape index (κ2) is 9.84. The number of fused-ring (bicyclic) bond motifs is 1. The number of hydrogen-bond acceptors (Lipinski definition) is 14. The molecule has 198 valence electrons. The molecule has 0 spiro atoms. The zero-order chi connectivity index (χ0) is 26.4. The van der Waals surface area contributed by atoms with Gasteiger partial charge in [-0.3, -0.25) is 13.6 Å². The number of nitrogens with zero attached hydrogens (tertiary/aromatic N) is 4. The molecule has 2 aromatic rings. The fourth-order valence-electron chi connectivity index (χ4n) is 2.98. The van der Waals surface area contributed by atoms with Crippen LogP contribution in [0, 0.1) is 0 Å². The van der Waals surface area contributed by atoms with Gasteiger partial charge in [0.2, 0.25) is 0 Å². The predicted octanol–water partition coefficient (Wildman–Crippen LogP) is 0.194. The number of phosphoric acid groups is 3. The molecular weight excluding hydrogens is 539 g/mol. The van der Waals surface area contributed by atoms with Crippen molar-refractivity contribution in [2.45, 2.75) is 50.9 Å². The number of nitrogens with two attached hydrogens (primary N) is 1. The summed E-state index contributed by atoms with van der Waals surface area (Å²) < 4.78 is 59.7. The van der Waals surface area contributed by atoms with E-state index in [0.29, 0.717) is 0 Å². The van der Waals surface area contributed by atoms with Gasteiger partial charge in [-0.1, -0.05) is 0 Å². The van der Waals surface area contributed by atoms with E-state index < -0.39 is 60.2 Å². The SMILES string of the molecule is CC(C)(C)OP(=O)(O)OP(=O)(O)OP(=O)(O)OC[C@H]1O[C@@H](n2cnc3c(N)ncnc32)[C@H](O)[C@@H]1O. The topological polar surface area (TPSA) is 268 Å². The lowest BCUT2D eigenvalue weighted by atomic mass is 10.1. The number of anilines is 1. The molecule has 0 saturated carbocycles. The Balaban J connectivity index is 1.65. The quantitative estimate of drug-likeness (QED) is 0.222. The van der Waals surface area contributed by atoms with Crippen molar-refractivity contribution < 1.29 is 61.0 Å². The molecule has 21 heteroatoms. The Morgan fingerprint density at radius 1 is 1.03 bits per heavy atom. The summed E-state index contributed by atoms with van der Waals surface area (Å²) in [5.41, 5.74) is 4.78. The molecular formula is C14H24N5O13P3. The first-order valence-corrected chi connectivity index (χ1v) is 14.1. The highest BCUT2D eigenvalue weighted by Gasteiger charge is 2.47. The van der Waals surface area contributed by atoms with Gasteiger partial charge in [0.15, 0.2) is 17.7 Å². The Kier molecular flexibility index (Phi) is 7.93. The third-order valence-electron chi connectivity index (χ3n) is 4.20. The summed E-state index contributed by atoms with van der Waals surface area (Å²) in [6, 6.07) is 0. The highest BCUT2D eigenvalue weighted by molar-refractivity contribution is 7.66. The van der Waals surface area contributed by atoms with Gasteiger partial charge in [-0.25, -0.2) is 28.6 Å². The van der Waals surface area contributed by atoms with E-state index in [-0.39, 0.29) is 17.0 Å². The summed E-state index contributed by atoms with van der Waals surface area (Å²) in [5.74, 6) is 0.0519. The molecule has 0 aromatic carbocycles. The lowest BCUT2D eigenvalue weighted by molar-refractivity contribution is -0.0503. The van der Waals surface area contributed by atoms with Gasteiger partial charge in [-0.05, 0) is 20.8 Å². The van der Waals surface area contributed by atoms with Crippen molar-refractivity contribution in [1.82, 2.24) is 19.5 Å². The van der Waals surface area contributed by atoms with Gasteiger partial charge >= 0.3 is 23.5 Å². The number of aliphatic hydroxyl groups is 2. The molecule has 3 rings (SSSR count). The van der Waals surface area contributed by atoms with E-state index in [1.54, 1.807) is 0 Å². The minimum absolute atomic E-state index is 0.0519. The van der Waals surface area contributed by atoms with Crippen LogP contribution in [0.1, 0.15) is 27.0 Å². The van der Waals surface area contributed by atoms with Crippen LogP contribution in [-0.2, 0) is 36.1 Å². The summed E-state index contributed by atoms with van der Waals surface area (Å²) in [5, 5.41) is 20.6. The van der Waals surface area contributed by atoms with E-state index in [4.69, 9.17) is 10.5 Å². The van der Waals surface area contributed by atoms with Crippen molar-refractivity contribution in [3.63, 3.8) is 0 Å². The second-order valence-corrected chi connectivity index (χ2v) is 12.8. The van der Waals surface area contributed by atoms with E-state index >= 15 is 0 Å². The van der Waals surface area contributed by atoms with Gasteiger partial charge in [0.1, 0.15) is 30.2 Å². The molecule has 1 fully saturated rings. The largest absolute Gasteiger partial charge is 0.490 e. The zero-order valence-electron chi connectivity index (χ0n) is 18.4.